The number of hydrogen-bond acceptors (Lipinski definition) is 7. The van der Waals surface area contributed by atoms with Gasteiger partial charge < -0.3 is 23.7 Å². The topological polar surface area (TPSA) is 80.3 Å². The summed E-state index contributed by atoms with van der Waals surface area (Å²) in [6.07, 6.45) is 2.86. The molecule has 0 spiro atoms. The summed E-state index contributed by atoms with van der Waals surface area (Å²) in [6, 6.07) is 0. The molecule has 7 nitrogen and oxygen atoms in total. The molecule has 0 aliphatic rings. The quantitative estimate of drug-likeness (QED) is 0.203. The predicted octanol–water partition coefficient (Wildman–Crippen LogP) is 5.05. The Balaban J connectivity index is 3.45. The molecule has 0 saturated heterocycles. The van der Waals surface area contributed by atoms with Crippen LogP contribution < -0.4 is 0 Å². The monoisotopic (exact) mass is 474 g/mol. The SMILES string of the molecule is CC(CC(=O)OCCOCCOCCOCCOC(=O)CC(C)CC(C)(C)C)CC(C)(C)C. The zero-order valence-electron chi connectivity index (χ0n) is 22.5. The molecule has 196 valence electrons. The van der Waals surface area contributed by atoms with E-state index in [1.807, 2.05) is 0 Å². The Morgan fingerprint density at radius 1 is 0.545 bits per heavy atom. The molecule has 2 unspecified atom stereocenters. The van der Waals surface area contributed by atoms with Gasteiger partial charge in [-0.2, -0.15) is 0 Å². The van der Waals surface area contributed by atoms with E-state index < -0.39 is 0 Å². The summed E-state index contributed by atoms with van der Waals surface area (Å²) in [5, 5.41) is 0. The standard InChI is InChI=1S/C26H50O7/c1-21(19-25(3,4)5)17-23(27)32-15-13-30-11-9-29-10-12-31-14-16-33-24(28)18-22(2)20-26(6,7)8/h21-22H,9-20H2,1-8H3. The van der Waals surface area contributed by atoms with E-state index in [2.05, 4.69) is 55.4 Å². The van der Waals surface area contributed by atoms with Gasteiger partial charge in [-0.25, -0.2) is 0 Å². The average molecular weight is 475 g/mol. The van der Waals surface area contributed by atoms with Crippen LogP contribution in [0, 0.1) is 22.7 Å². The Morgan fingerprint density at radius 2 is 0.818 bits per heavy atom. The largest absolute Gasteiger partial charge is 0.463 e. The molecule has 2 atom stereocenters. The fourth-order valence-corrected chi connectivity index (χ4v) is 3.89. The lowest BCUT2D eigenvalue weighted by molar-refractivity contribution is -0.147. The van der Waals surface area contributed by atoms with E-state index in [9.17, 15) is 9.59 Å². The van der Waals surface area contributed by atoms with E-state index >= 15 is 0 Å². The van der Waals surface area contributed by atoms with Crippen LogP contribution in [0.4, 0.5) is 0 Å². The Kier molecular flexibility index (Phi) is 16.7. The molecule has 0 heterocycles. The second-order valence-corrected chi connectivity index (χ2v) is 11.4. The first kappa shape index (κ1) is 31.8. The number of ether oxygens (including phenoxy) is 5. The summed E-state index contributed by atoms with van der Waals surface area (Å²) >= 11 is 0. The number of rotatable bonds is 18. The van der Waals surface area contributed by atoms with Gasteiger partial charge >= 0.3 is 11.9 Å². The minimum atomic E-state index is -0.172. The second-order valence-electron chi connectivity index (χ2n) is 11.4. The van der Waals surface area contributed by atoms with Crippen LogP contribution in [0.1, 0.15) is 81.1 Å². The highest BCUT2D eigenvalue weighted by molar-refractivity contribution is 5.69. The molecule has 0 aliphatic heterocycles. The first-order chi connectivity index (χ1) is 15.3. The van der Waals surface area contributed by atoms with Gasteiger partial charge in [-0.3, -0.25) is 9.59 Å². The fraction of sp³-hybridized carbons (Fsp3) is 0.923. The van der Waals surface area contributed by atoms with Gasteiger partial charge in [-0.05, 0) is 35.5 Å². The van der Waals surface area contributed by atoms with Crippen molar-refractivity contribution in [3.8, 4) is 0 Å². The minimum absolute atomic E-state index is 0.172. The number of carbonyl (C=O) groups is 2. The van der Waals surface area contributed by atoms with E-state index in [-0.39, 0.29) is 36.0 Å². The molecule has 0 fully saturated rings. The van der Waals surface area contributed by atoms with E-state index in [4.69, 9.17) is 23.7 Å². The van der Waals surface area contributed by atoms with Crippen LogP contribution >= 0.6 is 0 Å². The maximum atomic E-state index is 11.8. The lowest BCUT2D eigenvalue weighted by atomic mass is 9.84. The van der Waals surface area contributed by atoms with Gasteiger partial charge in [0, 0.05) is 12.8 Å². The van der Waals surface area contributed by atoms with Gasteiger partial charge in [0.2, 0.25) is 0 Å². The Bertz CT molecular complexity index is 474. The van der Waals surface area contributed by atoms with Crippen LogP contribution in [-0.2, 0) is 33.3 Å². The molecular formula is C26H50O7. The Morgan fingerprint density at radius 3 is 1.09 bits per heavy atom. The van der Waals surface area contributed by atoms with Crippen molar-refractivity contribution in [1.82, 2.24) is 0 Å². The molecule has 0 radical (unpaired) electrons. The molecule has 0 N–H and O–H groups in total. The van der Waals surface area contributed by atoms with Crippen LogP contribution in [0.25, 0.3) is 0 Å². The smallest absolute Gasteiger partial charge is 0.306 e. The lowest BCUT2D eigenvalue weighted by Gasteiger charge is -2.22. The molecule has 0 amide bonds. The second kappa shape index (κ2) is 17.3. The number of esters is 2. The Labute approximate surface area is 202 Å². The van der Waals surface area contributed by atoms with Crippen molar-refractivity contribution in [2.45, 2.75) is 81.1 Å². The van der Waals surface area contributed by atoms with E-state index in [0.29, 0.717) is 64.3 Å². The van der Waals surface area contributed by atoms with Crippen molar-refractivity contribution in [2.24, 2.45) is 22.7 Å². The molecule has 0 aromatic carbocycles. The summed E-state index contributed by atoms with van der Waals surface area (Å²) in [4.78, 5) is 23.6. The van der Waals surface area contributed by atoms with Crippen molar-refractivity contribution < 1.29 is 33.3 Å². The van der Waals surface area contributed by atoms with Crippen molar-refractivity contribution in [1.29, 1.82) is 0 Å². The molecule has 0 saturated carbocycles. The van der Waals surface area contributed by atoms with Gasteiger partial charge in [-0.15, -0.1) is 0 Å². The molecule has 0 aromatic heterocycles. The number of hydrogen-bond donors (Lipinski definition) is 0. The summed E-state index contributed by atoms with van der Waals surface area (Å²) in [7, 11) is 0. The number of carbonyl (C=O) groups excluding carboxylic acids is 2. The highest BCUT2D eigenvalue weighted by Crippen LogP contribution is 2.26. The fourth-order valence-electron chi connectivity index (χ4n) is 3.89. The Hall–Kier alpha value is -1.18. The maximum absolute atomic E-state index is 11.8. The molecule has 7 heteroatoms. The van der Waals surface area contributed by atoms with Crippen molar-refractivity contribution in [2.75, 3.05) is 52.9 Å². The van der Waals surface area contributed by atoms with Gasteiger partial charge in [0.25, 0.3) is 0 Å². The lowest BCUT2D eigenvalue weighted by Crippen LogP contribution is -2.18. The zero-order chi connectivity index (χ0) is 25.3. The van der Waals surface area contributed by atoms with Gasteiger partial charge in [-0.1, -0.05) is 55.4 Å². The zero-order valence-corrected chi connectivity index (χ0v) is 22.5. The summed E-state index contributed by atoms with van der Waals surface area (Å²) in [6.45, 7) is 20.2. The molecule has 0 bridgehead atoms. The molecule has 0 rings (SSSR count). The van der Waals surface area contributed by atoms with Crippen LogP contribution in [0.5, 0.6) is 0 Å². The summed E-state index contributed by atoms with van der Waals surface area (Å²) in [5.74, 6) is 0.272. The molecule has 33 heavy (non-hydrogen) atoms. The molecular weight excluding hydrogens is 424 g/mol. The van der Waals surface area contributed by atoms with E-state index in [1.54, 1.807) is 0 Å². The summed E-state index contributed by atoms with van der Waals surface area (Å²) < 4.78 is 26.6. The van der Waals surface area contributed by atoms with Crippen LogP contribution in [0.2, 0.25) is 0 Å². The third-order valence-electron chi connectivity index (χ3n) is 4.68. The first-order valence-corrected chi connectivity index (χ1v) is 12.3. The van der Waals surface area contributed by atoms with Crippen LogP contribution in [0.3, 0.4) is 0 Å². The van der Waals surface area contributed by atoms with Crippen molar-refractivity contribution in [3.05, 3.63) is 0 Å². The minimum Gasteiger partial charge on any atom is -0.463 e. The van der Waals surface area contributed by atoms with E-state index in [1.165, 1.54) is 0 Å². The van der Waals surface area contributed by atoms with E-state index in [0.717, 1.165) is 12.8 Å². The third kappa shape index (κ3) is 23.8. The highest BCUT2D eigenvalue weighted by atomic mass is 16.6. The van der Waals surface area contributed by atoms with Crippen LogP contribution in [0.15, 0.2) is 0 Å². The van der Waals surface area contributed by atoms with Crippen molar-refractivity contribution in [3.63, 3.8) is 0 Å². The average Bonchev–Trinajstić information content (AvgIpc) is 2.62. The molecule has 0 aliphatic carbocycles. The van der Waals surface area contributed by atoms with Gasteiger partial charge in [0.05, 0.1) is 39.6 Å². The van der Waals surface area contributed by atoms with Crippen LogP contribution in [-0.4, -0.2) is 64.8 Å². The molecule has 0 aromatic rings. The maximum Gasteiger partial charge on any atom is 0.306 e. The van der Waals surface area contributed by atoms with Gasteiger partial charge in [0.15, 0.2) is 0 Å². The third-order valence-corrected chi connectivity index (χ3v) is 4.68. The van der Waals surface area contributed by atoms with Crippen molar-refractivity contribution >= 4 is 11.9 Å². The normalized spacial score (nSPS) is 14.1. The highest BCUT2D eigenvalue weighted by Gasteiger charge is 2.19. The first-order valence-electron chi connectivity index (χ1n) is 12.3. The predicted molar refractivity (Wildman–Crippen MR) is 130 cm³/mol. The summed E-state index contributed by atoms with van der Waals surface area (Å²) in [5.41, 5.74) is 0.427. The van der Waals surface area contributed by atoms with Gasteiger partial charge in [0.1, 0.15) is 13.2 Å².